The first-order chi connectivity index (χ1) is 11.5. The fourth-order valence-corrected chi connectivity index (χ4v) is 3.16. The quantitative estimate of drug-likeness (QED) is 0.657. The minimum atomic E-state index is -0.311. The molecule has 0 radical (unpaired) electrons. The second-order valence-corrected chi connectivity index (χ2v) is 6.67. The number of hydrogen-bond donors (Lipinski definition) is 2. The molecule has 0 saturated heterocycles. The molecule has 0 spiro atoms. The molecule has 1 aromatic carbocycles. The first-order valence-corrected chi connectivity index (χ1v) is 8.95. The number of carbonyl (C=O) groups excluding carboxylic acids is 1. The molecular formula is C17H19N3O3S. The van der Waals surface area contributed by atoms with Gasteiger partial charge in [-0.25, -0.2) is 4.98 Å². The molecule has 1 aliphatic rings. The summed E-state index contributed by atoms with van der Waals surface area (Å²) in [4.78, 5) is 31.6. The minimum absolute atomic E-state index is 0.0917. The van der Waals surface area contributed by atoms with E-state index in [0.29, 0.717) is 16.5 Å². The predicted octanol–water partition coefficient (Wildman–Crippen LogP) is 2.75. The molecule has 0 bridgehead atoms. The van der Waals surface area contributed by atoms with E-state index in [1.54, 1.807) is 0 Å². The molecule has 2 aromatic rings. The number of amides is 1. The second-order valence-electron chi connectivity index (χ2n) is 5.88. The van der Waals surface area contributed by atoms with Crippen LogP contribution < -0.4 is 15.6 Å². The van der Waals surface area contributed by atoms with Gasteiger partial charge in [0.05, 0.1) is 11.7 Å². The van der Waals surface area contributed by atoms with Crippen LogP contribution in [0.4, 0.5) is 5.82 Å². The van der Waals surface area contributed by atoms with E-state index in [4.69, 9.17) is 4.74 Å². The van der Waals surface area contributed by atoms with Gasteiger partial charge in [0.1, 0.15) is 11.6 Å². The smallest absolute Gasteiger partial charge is 0.257 e. The van der Waals surface area contributed by atoms with E-state index in [0.717, 1.165) is 11.3 Å². The van der Waals surface area contributed by atoms with Gasteiger partial charge in [-0.15, -0.1) is 0 Å². The van der Waals surface area contributed by atoms with Gasteiger partial charge in [-0.1, -0.05) is 23.9 Å². The topological polar surface area (TPSA) is 84.1 Å². The molecule has 1 amide bonds. The monoisotopic (exact) mass is 345 g/mol. The molecule has 1 atom stereocenters. The van der Waals surface area contributed by atoms with Crippen LogP contribution in [0, 0.1) is 0 Å². The molecule has 0 saturated carbocycles. The Balaban J connectivity index is 2.01. The van der Waals surface area contributed by atoms with Gasteiger partial charge in [-0.05, 0) is 37.8 Å². The van der Waals surface area contributed by atoms with Gasteiger partial charge in [0, 0.05) is 12.3 Å². The number of anilines is 1. The highest BCUT2D eigenvalue weighted by Crippen LogP contribution is 2.34. The largest absolute Gasteiger partial charge is 0.491 e. The van der Waals surface area contributed by atoms with Gasteiger partial charge >= 0.3 is 0 Å². The lowest BCUT2D eigenvalue weighted by atomic mass is 9.87. The summed E-state index contributed by atoms with van der Waals surface area (Å²) in [7, 11) is 0. The standard InChI is InChI=1S/C17H19N3O3S/c1-9(2)23-11-6-4-10(5-7-11)12-8-13(21)18-15-14(12)16(22)20-17(19-15)24-3/h4-7,9,12H,8H2,1-3H3,(H2,18,19,20,21,22)/t12-/m1/s1. The highest BCUT2D eigenvalue weighted by molar-refractivity contribution is 7.98. The van der Waals surface area contributed by atoms with E-state index < -0.39 is 0 Å². The van der Waals surface area contributed by atoms with Gasteiger partial charge in [-0.2, -0.15) is 0 Å². The maximum atomic E-state index is 12.5. The van der Waals surface area contributed by atoms with Crippen LogP contribution >= 0.6 is 11.8 Å². The Kier molecular flexibility index (Phi) is 4.62. The normalized spacial score (nSPS) is 16.7. The van der Waals surface area contributed by atoms with Gasteiger partial charge < -0.3 is 15.0 Å². The van der Waals surface area contributed by atoms with Gasteiger partial charge in [0.2, 0.25) is 5.91 Å². The SMILES string of the molecule is CSc1nc2c(c(=O)[nH]1)[C@@H](c1ccc(OC(C)C)cc1)CC(=O)N2. The maximum Gasteiger partial charge on any atom is 0.257 e. The number of H-pyrrole nitrogens is 1. The first kappa shape index (κ1) is 16.6. The van der Waals surface area contributed by atoms with Crippen molar-refractivity contribution < 1.29 is 9.53 Å². The van der Waals surface area contributed by atoms with Crippen LogP contribution in [0.3, 0.4) is 0 Å². The second kappa shape index (κ2) is 6.68. The predicted molar refractivity (Wildman–Crippen MR) is 93.9 cm³/mol. The molecule has 6 nitrogen and oxygen atoms in total. The lowest BCUT2D eigenvalue weighted by Crippen LogP contribution is -2.31. The van der Waals surface area contributed by atoms with Crippen molar-refractivity contribution in [3.8, 4) is 5.75 Å². The fraction of sp³-hybridized carbons (Fsp3) is 0.353. The number of carbonyl (C=O) groups is 1. The summed E-state index contributed by atoms with van der Waals surface area (Å²) in [5.41, 5.74) is 1.19. The van der Waals surface area contributed by atoms with Crippen molar-refractivity contribution in [1.29, 1.82) is 0 Å². The summed E-state index contributed by atoms with van der Waals surface area (Å²) >= 11 is 1.33. The molecular weight excluding hydrogens is 326 g/mol. The van der Waals surface area contributed by atoms with E-state index in [9.17, 15) is 9.59 Å². The number of fused-ring (bicyclic) bond motifs is 1. The van der Waals surface area contributed by atoms with Crippen LogP contribution in [-0.4, -0.2) is 28.2 Å². The maximum absolute atomic E-state index is 12.5. The molecule has 0 fully saturated rings. The van der Waals surface area contributed by atoms with Crippen molar-refractivity contribution in [2.75, 3.05) is 11.6 Å². The van der Waals surface area contributed by atoms with Crippen molar-refractivity contribution in [1.82, 2.24) is 9.97 Å². The van der Waals surface area contributed by atoms with Crippen molar-refractivity contribution in [3.63, 3.8) is 0 Å². The molecule has 3 rings (SSSR count). The third-order valence-corrected chi connectivity index (χ3v) is 4.36. The third kappa shape index (κ3) is 3.31. The van der Waals surface area contributed by atoms with E-state index >= 15 is 0 Å². The summed E-state index contributed by atoms with van der Waals surface area (Å²) in [5.74, 6) is 0.667. The first-order valence-electron chi connectivity index (χ1n) is 7.72. The Morgan fingerprint density at radius 2 is 1.96 bits per heavy atom. The highest BCUT2D eigenvalue weighted by atomic mass is 32.2. The fourth-order valence-electron chi connectivity index (χ4n) is 2.78. The summed E-state index contributed by atoms with van der Waals surface area (Å²) in [6, 6.07) is 7.51. The summed E-state index contributed by atoms with van der Waals surface area (Å²) in [5, 5.41) is 3.19. The molecule has 126 valence electrons. The number of hydrogen-bond acceptors (Lipinski definition) is 5. The Morgan fingerprint density at radius 3 is 2.58 bits per heavy atom. The Labute approximate surface area is 144 Å². The van der Waals surface area contributed by atoms with E-state index in [2.05, 4.69) is 15.3 Å². The lowest BCUT2D eigenvalue weighted by molar-refractivity contribution is -0.116. The number of thioether (sulfide) groups is 1. The Bertz CT molecular complexity index is 815. The number of aromatic amines is 1. The zero-order chi connectivity index (χ0) is 17.3. The molecule has 2 N–H and O–H groups in total. The summed E-state index contributed by atoms with van der Waals surface area (Å²) < 4.78 is 5.64. The number of ether oxygens (including phenoxy) is 1. The van der Waals surface area contributed by atoms with E-state index in [1.807, 2.05) is 44.4 Å². The van der Waals surface area contributed by atoms with Crippen LogP contribution in [0.15, 0.2) is 34.2 Å². The number of rotatable bonds is 4. The van der Waals surface area contributed by atoms with E-state index in [1.165, 1.54) is 11.8 Å². The number of benzene rings is 1. The summed E-state index contributed by atoms with van der Waals surface area (Å²) in [6.07, 6.45) is 2.13. The van der Waals surface area contributed by atoms with Gasteiger partial charge in [0.25, 0.3) is 5.56 Å². The average Bonchev–Trinajstić information content (AvgIpc) is 2.53. The summed E-state index contributed by atoms with van der Waals surface area (Å²) in [6.45, 7) is 3.92. The van der Waals surface area contributed by atoms with Crippen molar-refractivity contribution in [2.24, 2.45) is 0 Å². The Morgan fingerprint density at radius 1 is 1.25 bits per heavy atom. The van der Waals surface area contributed by atoms with Crippen LogP contribution in [-0.2, 0) is 4.79 Å². The molecule has 7 heteroatoms. The number of nitrogens with one attached hydrogen (secondary N) is 2. The van der Waals surface area contributed by atoms with Gasteiger partial charge in [0.15, 0.2) is 5.16 Å². The molecule has 1 aliphatic heterocycles. The van der Waals surface area contributed by atoms with Crippen LogP contribution in [0.25, 0.3) is 0 Å². The number of nitrogens with zero attached hydrogens (tertiary/aromatic N) is 1. The van der Waals surface area contributed by atoms with Crippen molar-refractivity contribution in [2.45, 2.75) is 37.4 Å². The zero-order valence-corrected chi connectivity index (χ0v) is 14.6. The molecule has 0 aliphatic carbocycles. The highest BCUT2D eigenvalue weighted by Gasteiger charge is 2.30. The van der Waals surface area contributed by atoms with Crippen LogP contribution in [0.1, 0.15) is 37.3 Å². The lowest BCUT2D eigenvalue weighted by Gasteiger charge is -2.24. The van der Waals surface area contributed by atoms with Gasteiger partial charge in [-0.3, -0.25) is 9.59 Å². The Hall–Kier alpha value is -2.28. The molecule has 24 heavy (non-hydrogen) atoms. The van der Waals surface area contributed by atoms with E-state index in [-0.39, 0.29) is 29.9 Å². The minimum Gasteiger partial charge on any atom is -0.491 e. The van der Waals surface area contributed by atoms with Crippen LogP contribution in [0.2, 0.25) is 0 Å². The molecule has 0 unspecified atom stereocenters. The number of aromatic nitrogens is 2. The zero-order valence-electron chi connectivity index (χ0n) is 13.8. The van der Waals surface area contributed by atoms with Crippen LogP contribution in [0.5, 0.6) is 5.75 Å². The molecule has 1 aromatic heterocycles. The molecule has 2 heterocycles. The average molecular weight is 345 g/mol. The van der Waals surface area contributed by atoms with Crippen molar-refractivity contribution in [3.05, 3.63) is 45.7 Å². The third-order valence-electron chi connectivity index (χ3n) is 3.78. The van der Waals surface area contributed by atoms with Crippen molar-refractivity contribution >= 4 is 23.5 Å².